The summed E-state index contributed by atoms with van der Waals surface area (Å²) < 4.78 is 24.1. The molecule has 0 aliphatic carbocycles. The zero-order valence-corrected chi connectivity index (χ0v) is 7.16. The molecule has 0 bridgehead atoms. The van der Waals surface area contributed by atoms with Crippen LogP contribution in [0, 0.1) is 0 Å². The van der Waals surface area contributed by atoms with E-state index in [0.717, 1.165) is 5.56 Å². The van der Waals surface area contributed by atoms with E-state index in [9.17, 15) is 8.42 Å². The molecular formula is C7H9N2O2S. The SMILES string of the molecule is NS(=O)(=O)[N]Cc1ccccc1. The summed E-state index contributed by atoms with van der Waals surface area (Å²) in [7, 11) is -3.70. The van der Waals surface area contributed by atoms with E-state index in [0.29, 0.717) is 0 Å². The first-order valence-corrected chi connectivity index (χ1v) is 4.84. The van der Waals surface area contributed by atoms with Crippen LogP contribution in [-0.2, 0) is 16.8 Å². The lowest BCUT2D eigenvalue weighted by molar-refractivity contribution is 0.581. The van der Waals surface area contributed by atoms with E-state index in [-0.39, 0.29) is 6.54 Å². The van der Waals surface area contributed by atoms with E-state index in [2.05, 4.69) is 9.86 Å². The van der Waals surface area contributed by atoms with Gasteiger partial charge in [0, 0.05) is 0 Å². The van der Waals surface area contributed by atoms with E-state index >= 15 is 0 Å². The monoisotopic (exact) mass is 185 g/mol. The van der Waals surface area contributed by atoms with Crippen molar-refractivity contribution >= 4 is 10.2 Å². The Balaban J connectivity index is 2.56. The van der Waals surface area contributed by atoms with Crippen LogP contribution >= 0.6 is 0 Å². The van der Waals surface area contributed by atoms with E-state index in [1.54, 1.807) is 12.1 Å². The van der Waals surface area contributed by atoms with Crippen molar-refractivity contribution in [3.63, 3.8) is 0 Å². The van der Waals surface area contributed by atoms with Crippen molar-refractivity contribution in [3.05, 3.63) is 35.9 Å². The normalized spacial score (nSPS) is 11.4. The molecule has 5 heteroatoms. The third-order valence-corrected chi connectivity index (χ3v) is 1.76. The summed E-state index contributed by atoms with van der Waals surface area (Å²) in [6, 6.07) is 9.05. The molecule has 0 unspecified atom stereocenters. The van der Waals surface area contributed by atoms with Crippen molar-refractivity contribution in [2.45, 2.75) is 6.54 Å². The van der Waals surface area contributed by atoms with Crippen LogP contribution in [0.25, 0.3) is 0 Å². The minimum Gasteiger partial charge on any atom is -0.214 e. The molecule has 0 fully saturated rings. The number of hydrogen-bond donors (Lipinski definition) is 1. The summed E-state index contributed by atoms with van der Waals surface area (Å²) >= 11 is 0. The molecular weight excluding hydrogens is 176 g/mol. The summed E-state index contributed by atoms with van der Waals surface area (Å²) in [5, 5.41) is 4.69. The Morgan fingerprint density at radius 3 is 2.33 bits per heavy atom. The summed E-state index contributed by atoms with van der Waals surface area (Å²) in [5.74, 6) is 0. The summed E-state index contributed by atoms with van der Waals surface area (Å²) in [5.41, 5.74) is 0.825. The standard InChI is InChI=1S/C7H9N2O2S/c8-12(10,11)9-6-7-4-2-1-3-5-7/h1-5H,6H2,(H2,8,10,11). The number of benzene rings is 1. The topological polar surface area (TPSA) is 74.3 Å². The highest BCUT2D eigenvalue weighted by molar-refractivity contribution is 7.87. The van der Waals surface area contributed by atoms with Crippen LogP contribution in [0.4, 0.5) is 0 Å². The molecule has 0 aliphatic rings. The van der Waals surface area contributed by atoms with Crippen molar-refractivity contribution in [2.75, 3.05) is 0 Å². The fourth-order valence-electron chi connectivity index (χ4n) is 0.748. The van der Waals surface area contributed by atoms with Gasteiger partial charge in [-0.3, -0.25) is 0 Å². The largest absolute Gasteiger partial charge is 0.291 e. The average molecular weight is 185 g/mol. The summed E-state index contributed by atoms with van der Waals surface area (Å²) in [6.07, 6.45) is 0. The van der Waals surface area contributed by atoms with Gasteiger partial charge < -0.3 is 0 Å². The summed E-state index contributed by atoms with van der Waals surface area (Å²) in [6.45, 7) is 0.111. The Morgan fingerprint density at radius 2 is 1.83 bits per heavy atom. The van der Waals surface area contributed by atoms with Gasteiger partial charge >= 0.3 is 0 Å². The molecule has 1 aromatic carbocycles. The predicted molar refractivity (Wildman–Crippen MR) is 45.4 cm³/mol. The lowest BCUT2D eigenvalue weighted by Crippen LogP contribution is -2.23. The fraction of sp³-hybridized carbons (Fsp3) is 0.143. The molecule has 12 heavy (non-hydrogen) atoms. The molecule has 2 N–H and O–H groups in total. The highest BCUT2D eigenvalue weighted by atomic mass is 32.2. The average Bonchev–Trinajstić information content (AvgIpc) is 2.02. The molecule has 0 atom stereocenters. The van der Waals surface area contributed by atoms with Crippen molar-refractivity contribution in [1.29, 1.82) is 0 Å². The van der Waals surface area contributed by atoms with Crippen LogP contribution in [0.2, 0.25) is 0 Å². The van der Waals surface area contributed by atoms with Crippen LogP contribution in [0.15, 0.2) is 30.3 Å². The molecule has 0 aliphatic heterocycles. The van der Waals surface area contributed by atoms with E-state index in [1.165, 1.54) is 0 Å². The van der Waals surface area contributed by atoms with E-state index in [4.69, 9.17) is 0 Å². The van der Waals surface area contributed by atoms with Crippen molar-refractivity contribution in [3.8, 4) is 0 Å². The fourth-order valence-corrected chi connectivity index (χ4v) is 1.08. The lowest BCUT2D eigenvalue weighted by Gasteiger charge is -1.98. The predicted octanol–water partition coefficient (Wildman–Crippen LogP) is -0.00550. The van der Waals surface area contributed by atoms with E-state index < -0.39 is 10.2 Å². The van der Waals surface area contributed by atoms with Gasteiger partial charge in [-0.2, -0.15) is 8.42 Å². The van der Waals surface area contributed by atoms with E-state index in [1.807, 2.05) is 18.2 Å². The minimum absolute atomic E-state index is 0.111. The van der Waals surface area contributed by atoms with Crippen LogP contribution in [0.5, 0.6) is 0 Å². The van der Waals surface area contributed by atoms with Gasteiger partial charge in [-0.15, -0.1) is 4.72 Å². The van der Waals surface area contributed by atoms with Crippen molar-refractivity contribution < 1.29 is 8.42 Å². The molecule has 0 heterocycles. The van der Waals surface area contributed by atoms with Crippen molar-refractivity contribution in [1.82, 2.24) is 4.72 Å². The molecule has 0 spiro atoms. The minimum atomic E-state index is -3.70. The third kappa shape index (κ3) is 3.47. The number of hydrogen-bond acceptors (Lipinski definition) is 2. The number of rotatable bonds is 3. The zero-order valence-electron chi connectivity index (χ0n) is 6.34. The zero-order chi connectivity index (χ0) is 9.03. The maximum Gasteiger partial charge on any atom is 0.291 e. The highest BCUT2D eigenvalue weighted by Gasteiger charge is 2.02. The molecule has 4 nitrogen and oxygen atoms in total. The maximum atomic E-state index is 10.4. The maximum absolute atomic E-state index is 10.4. The molecule has 1 aromatic rings. The Bertz CT molecular complexity index is 334. The molecule has 1 rings (SSSR count). The molecule has 1 radical (unpaired) electrons. The first kappa shape index (κ1) is 9.18. The Labute approximate surface area is 71.6 Å². The Morgan fingerprint density at radius 1 is 1.25 bits per heavy atom. The van der Waals surface area contributed by atoms with Gasteiger partial charge in [0.2, 0.25) is 0 Å². The van der Waals surface area contributed by atoms with Gasteiger partial charge in [0.15, 0.2) is 0 Å². The smallest absolute Gasteiger partial charge is 0.214 e. The molecule has 0 aromatic heterocycles. The summed E-state index contributed by atoms with van der Waals surface area (Å²) in [4.78, 5) is 0. The second-order valence-electron chi connectivity index (χ2n) is 2.29. The molecule has 65 valence electrons. The second-order valence-corrected chi connectivity index (χ2v) is 3.58. The third-order valence-electron chi connectivity index (χ3n) is 1.27. The van der Waals surface area contributed by atoms with Crippen molar-refractivity contribution in [2.24, 2.45) is 5.14 Å². The van der Waals surface area contributed by atoms with Gasteiger partial charge in [-0.1, -0.05) is 30.3 Å². The van der Waals surface area contributed by atoms with Gasteiger partial charge in [0.1, 0.15) is 0 Å². The Hall–Kier alpha value is -0.910. The van der Waals surface area contributed by atoms with Crippen LogP contribution in [-0.4, -0.2) is 8.42 Å². The van der Waals surface area contributed by atoms with Gasteiger partial charge in [0.25, 0.3) is 10.2 Å². The van der Waals surface area contributed by atoms with Gasteiger partial charge in [-0.05, 0) is 5.56 Å². The van der Waals surface area contributed by atoms with Gasteiger partial charge in [0.05, 0.1) is 6.54 Å². The highest BCUT2D eigenvalue weighted by Crippen LogP contribution is 1.98. The lowest BCUT2D eigenvalue weighted by atomic mass is 10.2. The molecule has 0 saturated carbocycles. The molecule has 0 saturated heterocycles. The van der Waals surface area contributed by atoms with Gasteiger partial charge in [-0.25, -0.2) is 5.14 Å². The number of nitrogens with zero attached hydrogens (tertiary/aromatic N) is 1. The Kier molecular flexibility index (Phi) is 2.80. The quantitative estimate of drug-likeness (QED) is 0.719. The molecule has 0 amide bonds. The number of nitrogens with two attached hydrogens (primary N) is 1. The van der Waals surface area contributed by atoms with Crippen LogP contribution in [0.1, 0.15) is 5.56 Å². The first-order valence-electron chi connectivity index (χ1n) is 3.33. The first-order chi connectivity index (χ1) is 5.58. The van der Waals surface area contributed by atoms with Crippen LogP contribution in [0.3, 0.4) is 0 Å². The van der Waals surface area contributed by atoms with Crippen LogP contribution < -0.4 is 9.86 Å². The second kappa shape index (κ2) is 3.66.